The Balaban J connectivity index is 1.55. The molecule has 0 aromatic carbocycles. The van der Waals surface area contributed by atoms with Crippen LogP contribution in [0.4, 0.5) is 8.78 Å². The van der Waals surface area contributed by atoms with E-state index >= 15 is 0 Å². The van der Waals surface area contributed by atoms with Crippen LogP contribution in [0.2, 0.25) is 0 Å². The van der Waals surface area contributed by atoms with Crippen molar-refractivity contribution in [3.63, 3.8) is 0 Å². The molecule has 0 aromatic rings. The molecule has 2 aliphatic heterocycles. The van der Waals surface area contributed by atoms with Gasteiger partial charge in [-0.1, -0.05) is 0 Å². The van der Waals surface area contributed by atoms with Gasteiger partial charge in [0.2, 0.25) is 0 Å². The molecule has 2 atom stereocenters. The second kappa shape index (κ2) is 4.98. The van der Waals surface area contributed by atoms with Gasteiger partial charge in [-0.3, -0.25) is 4.90 Å². The topological polar surface area (TPSA) is 41.6 Å². The van der Waals surface area contributed by atoms with E-state index in [4.69, 9.17) is 4.74 Å². The average Bonchev–Trinajstić information content (AvgIpc) is 3.00. The van der Waals surface area contributed by atoms with Crippen LogP contribution in [0.25, 0.3) is 0 Å². The summed E-state index contributed by atoms with van der Waals surface area (Å²) in [5, 5.41) is 3.42. The largest absolute Gasteiger partial charge is 0.456 e. The van der Waals surface area contributed by atoms with Crippen molar-refractivity contribution in [1.29, 1.82) is 0 Å². The number of nitrogens with zero attached hydrogens (tertiary/aromatic N) is 1. The maximum Gasteiger partial charge on any atom is 0.377 e. The number of carbonyl (C=O) groups excluding carboxylic acids is 1. The molecule has 2 saturated heterocycles. The number of halogens is 2. The molecule has 3 rings (SSSR count). The number of hydrogen-bond donors (Lipinski definition) is 1. The molecule has 19 heavy (non-hydrogen) atoms. The van der Waals surface area contributed by atoms with Crippen molar-refractivity contribution < 1.29 is 18.3 Å². The Labute approximate surface area is 111 Å². The molecular weight excluding hydrogens is 254 g/mol. The molecule has 0 amide bonds. The first-order chi connectivity index (χ1) is 9.04. The van der Waals surface area contributed by atoms with Gasteiger partial charge in [-0.2, -0.15) is 8.78 Å². The summed E-state index contributed by atoms with van der Waals surface area (Å²) in [6.45, 7) is 2.37. The van der Waals surface area contributed by atoms with E-state index in [1.165, 1.54) is 6.42 Å². The molecule has 3 fully saturated rings. The number of rotatable bonds is 5. The van der Waals surface area contributed by atoms with Crippen LogP contribution in [-0.2, 0) is 9.53 Å². The standard InChI is InChI=1S/C13H20F2N2O2/c14-13(15)6-11(19-12(13)18)8-17(10-3-4-10)7-9-2-1-5-16-9/h9-11,16H,1-8H2. The van der Waals surface area contributed by atoms with Crippen molar-refractivity contribution >= 4 is 5.97 Å². The Morgan fingerprint density at radius 3 is 2.63 bits per heavy atom. The fourth-order valence-corrected chi connectivity index (χ4v) is 3.02. The number of nitrogens with one attached hydrogen (secondary N) is 1. The van der Waals surface area contributed by atoms with Crippen LogP contribution in [0.15, 0.2) is 0 Å². The zero-order chi connectivity index (χ0) is 13.5. The van der Waals surface area contributed by atoms with Gasteiger partial charge in [0.15, 0.2) is 0 Å². The van der Waals surface area contributed by atoms with E-state index in [1.54, 1.807) is 0 Å². The molecule has 6 heteroatoms. The first kappa shape index (κ1) is 13.2. The monoisotopic (exact) mass is 274 g/mol. The van der Waals surface area contributed by atoms with E-state index in [9.17, 15) is 13.6 Å². The third-order valence-electron chi connectivity index (χ3n) is 4.18. The van der Waals surface area contributed by atoms with Crippen molar-refractivity contribution in [3.05, 3.63) is 0 Å². The van der Waals surface area contributed by atoms with E-state index in [0.717, 1.165) is 32.4 Å². The fraction of sp³-hybridized carbons (Fsp3) is 0.923. The van der Waals surface area contributed by atoms with Gasteiger partial charge in [0.25, 0.3) is 0 Å². The molecule has 2 unspecified atom stereocenters. The van der Waals surface area contributed by atoms with Gasteiger partial charge in [0, 0.05) is 25.2 Å². The third-order valence-corrected chi connectivity index (χ3v) is 4.18. The lowest BCUT2D eigenvalue weighted by Gasteiger charge is -2.27. The Bertz CT molecular complexity index is 355. The van der Waals surface area contributed by atoms with Crippen LogP contribution in [0.5, 0.6) is 0 Å². The number of ether oxygens (including phenoxy) is 1. The molecule has 108 valence electrons. The maximum atomic E-state index is 13.2. The minimum absolute atomic E-state index is 0.449. The minimum Gasteiger partial charge on any atom is -0.456 e. The van der Waals surface area contributed by atoms with Crippen molar-refractivity contribution in [2.45, 2.75) is 56.2 Å². The fourth-order valence-electron chi connectivity index (χ4n) is 3.02. The van der Waals surface area contributed by atoms with Crippen LogP contribution >= 0.6 is 0 Å². The highest BCUT2D eigenvalue weighted by atomic mass is 19.3. The Kier molecular flexibility index (Phi) is 3.47. The number of hydrogen-bond acceptors (Lipinski definition) is 4. The summed E-state index contributed by atoms with van der Waals surface area (Å²) >= 11 is 0. The Hall–Kier alpha value is -0.750. The predicted molar refractivity (Wildman–Crippen MR) is 65.1 cm³/mol. The first-order valence-electron chi connectivity index (χ1n) is 7.11. The van der Waals surface area contributed by atoms with Crippen LogP contribution < -0.4 is 5.32 Å². The minimum atomic E-state index is -3.29. The summed E-state index contributed by atoms with van der Waals surface area (Å²) in [6, 6.07) is 0.952. The summed E-state index contributed by atoms with van der Waals surface area (Å²) in [5.74, 6) is -4.64. The number of esters is 1. The first-order valence-corrected chi connectivity index (χ1v) is 7.11. The summed E-state index contributed by atoms with van der Waals surface area (Å²) < 4.78 is 31.1. The lowest BCUT2D eigenvalue weighted by Crippen LogP contribution is -2.42. The molecule has 0 radical (unpaired) electrons. The molecule has 1 aliphatic carbocycles. The van der Waals surface area contributed by atoms with E-state index in [1.807, 2.05) is 0 Å². The number of cyclic esters (lactones) is 1. The van der Waals surface area contributed by atoms with Gasteiger partial charge < -0.3 is 10.1 Å². The van der Waals surface area contributed by atoms with E-state index < -0.39 is 24.4 Å². The molecule has 1 saturated carbocycles. The highest BCUT2D eigenvalue weighted by Gasteiger charge is 2.51. The van der Waals surface area contributed by atoms with Gasteiger partial charge in [-0.25, -0.2) is 4.79 Å². The second-order valence-electron chi connectivity index (χ2n) is 5.91. The smallest absolute Gasteiger partial charge is 0.377 e. The SMILES string of the molecule is O=C1OC(CN(CC2CCCN2)C2CC2)CC1(F)F. The molecule has 0 bridgehead atoms. The Morgan fingerprint density at radius 1 is 1.32 bits per heavy atom. The Morgan fingerprint density at radius 2 is 2.11 bits per heavy atom. The van der Waals surface area contributed by atoms with Gasteiger partial charge in [0.05, 0.1) is 6.42 Å². The molecular formula is C13H20F2N2O2. The lowest BCUT2D eigenvalue weighted by molar-refractivity contribution is -0.159. The summed E-state index contributed by atoms with van der Waals surface area (Å²) in [4.78, 5) is 13.2. The highest BCUT2D eigenvalue weighted by Crippen LogP contribution is 2.34. The van der Waals surface area contributed by atoms with Crippen LogP contribution in [0.1, 0.15) is 32.1 Å². The van der Waals surface area contributed by atoms with Gasteiger partial charge in [0.1, 0.15) is 6.10 Å². The lowest BCUT2D eigenvalue weighted by atomic mass is 10.1. The van der Waals surface area contributed by atoms with Crippen LogP contribution in [-0.4, -0.2) is 54.6 Å². The maximum absolute atomic E-state index is 13.2. The normalized spacial score (nSPS) is 33.9. The van der Waals surface area contributed by atoms with E-state index in [2.05, 4.69) is 10.2 Å². The number of alkyl halides is 2. The van der Waals surface area contributed by atoms with Gasteiger partial charge in [-0.15, -0.1) is 0 Å². The molecule has 3 aliphatic rings. The summed E-state index contributed by atoms with van der Waals surface area (Å²) in [7, 11) is 0. The molecule has 0 aromatic heterocycles. The van der Waals surface area contributed by atoms with Crippen molar-refractivity contribution in [2.75, 3.05) is 19.6 Å². The molecule has 4 nitrogen and oxygen atoms in total. The quantitative estimate of drug-likeness (QED) is 0.764. The van der Waals surface area contributed by atoms with Crippen LogP contribution in [0, 0.1) is 0 Å². The predicted octanol–water partition coefficient (Wildman–Crippen LogP) is 1.15. The average molecular weight is 274 g/mol. The number of carbonyl (C=O) groups is 1. The highest BCUT2D eigenvalue weighted by molar-refractivity contribution is 5.79. The van der Waals surface area contributed by atoms with Crippen molar-refractivity contribution in [2.24, 2.45) is 0 Å². The van der Waals surface area contributed by atoms with Gasteiger partial charge >= 0.3 is 11.9 Å². The van der Waals surface area contributed by atoms with E-state index in [-0.39, 0.29) is 0 Å². The van der Waals surface area contributed by atoms with Crippen LogP contribution in [0.3, 0.4) is 0 Å². The third kappa shape index (κ3) is 3.05. The summed E-state index contributed by atoms with van der Waals surface area (Å²) in [6.07, 6.45) is 3.47. The zero-order valence-electron chi connectivity index (χ0n) is 10.9. The summed E-state index contributed by atoms with van der Waals surface area (Å²) in [5.41, 5.74) is 0. The van der Waals surface area contributed by atoms with Crippen molar-refractivity contribution in [3.8, 4) is 0 Å². The molecule has 1 N–H and O–H groups in total. The molecule has 0 spiro atoms. The van der Waals surface area contributed by atoms with E-state index in [0.29, 0.717) is 18.6 Å². The molecule has 2 heterocycles. The van der Waals surface area contributed by atoms with Gasteiger partial charge in [-0.05, 0) is 32.2 Å². The van der Waals surface area contributed by atoms with Crippen molar-refractivity contribution in [1.82, 2.24) is 10.2 Å². The zero-order valence-corrected chi connectivity index (χ0v) is 10.9. The second-order valence-corrected chi connectivity index (χ2v) is 5.91.